The van der Waals surface area contributed by atoms with Crippen molar-refractivity contribution in [3.8, 4) is 11.5 Å². The van der Waals surface area contributed by atoms with Crippen LogP contribution in [-0.4, -0.2) is 27.2 Å². The molecule has 0 amide bonds. The maximum atomic E-state index is 14.5. The molecule has 1 aromatic carbocycles. The first-order chi connectivity index (χ1) is 17.6. The number of nitrogens with zero attached hydrogens (tertiary/aromatic N) is 2. The molecule has 2 aromatic heterocycles. The van der Waals surface area contributed by atoms with E-state index < -0.39 is 29.5 Å². The third kappa shape index (κ3) is 5.61. The Morgan fingerprint density at radius 3 is 2.57 bits per heavy atom. The van der Waals surface area contributed by atoms with Gasteiger partial charge in [0.1, 0.15) is 5.78 Å². The van der Waals surface area contributed by atoms with E-state index in [2.05, 4.69) is 10.3 Å². The Bertz CT molecular complexity index is 1330. The fourth-order valence-corrected chi connectivity index (χ4v) is 5.03. The van der Waals surface area contributed by atoms with Gasteiger partial charge in [0.05, 0.1) is 5.69 Å². The number of aromatic nitrogens is 2. The number of hydrogen-bond acceptors (Lipinski definition) is 6. The van der Waals surface area contributed by atoms with Crippen LogP contribution in [0.15, 0.2) is 33.3 Å². The lowest BCUT2D eigenvalue weighted by molar-refractivity contribution is -0.137. The molecule has 0 radical (unpaired) electrons. The first-order valence-electron chi connectivity index (χ1n) is 12.5. The van der Waals surface area contributed by atoms with Crippen LogP contribution in [0.2, 0.25) is 5.02 Å². The Kier molecular flexibility index (Phi) is 6.91. The van der Waals surface area contributed by atoms with Gasteiger partial charge in [-0.1, -0.05) is 34.0 Å². The largest absolute Gasteiger partial charge is 0.481 e. The number of benzene rings is 1. The molecule has 2 aliphatic carbocycles. The number of aliphatic carboxylic acids is 1. The van der Waals surface area contributed by atoms with Crippen LogP contribution in [-0.2, 0) is 21.9 Å². The van der Waals surface area contributed by atoms with E-state index >= 15 is 0 Å². The SMILES string of the molecule is Cc1ccc(CC(=O)C[C@H](CCC(=O)O)c2noc(-c3cc(C(F)(F)C4CC4)on3)c2C2CC2)c(Cl)c1. The highest BCUT2D eigenvalue weighted by atomic mass is 35.5. The lowest BCUT2D eigenvalue weighted by Gasteiger charge is -2.15. The summed E-state index contributed by atoms with van der Waals surface area (Å²) in [5.74, 6) is -5.63. The molecule has 2 heterocycles. The molecule has 196 valence electrons. The Labute approximate surface area is 217 Å². The normalized spacial score (nSPS) is 16.6. The van der Waals surface area contributed by atoms with Crippen molar-refractivity contribution in [2.75, 3.05) is 0 Å². The Morgan fingerprint density at radius 1 is 1.16 bits per heavy atom. The number of hydrogen-bond donors (Lipinski definition) is 1. The third-order valence-corrected chi connectivity index (χ3v) is 7.42. The molecule has 3 aromatic rings. The lowest BCUT2D eigenvalue weighted by atomic mass is 9.87. The van der Waals surface area contributed by atoms with Crippen molar-refractivity contribution >= 4 is 23.4 Å². The van der Waals surface area contributed by atoms with E-state index in [1.54, 1.807) is 6.07 Å². The smallest absolute Gasteiger partial charge is 0.310 e. The molecule has 2 saturated carbocycles. The number of carboxylic acids is 1. The second-order valence-electron chi connectivity index (χ2n) is 10.2. The molecule has 0 saturated heterocycles. The van der Waals surface area contributed by atoms with E-state index in [-0.39, 0.29) is 48.8 Å². The fourth-order valence-electron chi connectivity index (χ4n) is 4.73. The topological polar surface area (TPSA) is 106 Å². The molecule has 1 atom stereocenters. The average Bonchev–Trinajstić information content (AvgIpc) is 3.77. The predicted octanol–water partition coefficient (Wildman–Crippen LogP) is 6.82. The highest BCUT2D eigenvalue weighted by Crippen LogP contribution is 2.52. The van der Waals surface area contributed by atoms with Gasteiger partial charge in [-0.3, -0.25) is 9.59 Å². The fraction of sp³-hybridized carbons (Fsp3) is 0.481. The summed E-state index contributed by atoms with van der Waals surface area (Å²) in [4.78, 5) is 24.4. The van der Waals surface area contributed by atoms with Crippen LogP contribution in [0.5, 0.6) is 0 Å². The molecule has 2 fully saturated rings. The van der Waals surface area contributed by atoms with Crippen LogP contribution in [0.1, 0.15) is 84.9 Å². The number of carbonyl (C=O) groups excluding carboxylic acids is 1. The predicted molar refractivity (Wildman–Crippen MR) is 130 cm³/mol. The van der Waals surface area contributed by atoms with Gasteiger partial charge >= 0.3 is 11.9 Å². The summed E-state index contributed by atoms with van der Waals surface area (Å²) in [7, 11) is 0. The molecule has 0 aliphatic heterocycles. The molecular formula is C27H27ClF2N2O5. The van der Waals surface area contributed by atoms with Crippen LogP contribution >= 0.6 is 11.6 Å². The number of halogens is 3. The minimum atomic E-state index is -3.10. The zero-order valence-corrected chi connectivity index (χ0v) is 21.1. The molecule has 37 heavy (non-hydrogen) atoms. The molecule has 0 spiro atoms. The van der Waals surface area contributed by atoms with Gasteiger partial charge in [-0.05, 0) is 62.1 Å². The molecule has 5 rings (SSSR count). The summed E-state index contributed by atoms with van der Waals surface area (Å²) < 4.78 is 39.7. The number of carbonyl (C=O) groups is 2. The van der Waals surface area contributed by atoms with Crippen molar-refractivity contribution in [3.05, 3.63) is 57.4 Å². The zero-order chi connectivity index (χ0) is 26.3. The summed E-state index contributed by atoms with van der Waals surface area (Å²) >= 11 is 6.31. The van der Waals surface area contributed by atoms with E-state index in [1.165, 1.54) is 6.07 Å². The standard InChI is InChI=1S/C27H27ClF2N2O5/c1-14-2-3-16(20(28)10-14)11-19(33)12-17(6-9-23(34)35)25-24(15-4-5-15)26(37-32-25)21-13-22(36-31-21)27(29,30)18-7-8-18/h2-3,10,13,15,17-18H,4-9,11-12H2,1H3,(H,34,35)/t17-/m0/s1. The number of alkyl halides is 2. The summed E-state index contributed by atoms with van der Waals surface area (Å²) in [6, 6.07) is 6.68. The number of carboxylic acid groups (broad SMARTS) is 1. The Balaban J connectivity index is 1.42. The van der Waals surface area contributed by atoms with Crippen molar-refractivity contribution < 1.29 is 32.5 Å². The Morgan fingerprint density at radius 2 is 1.92 bits per heavy atom. The molecular weight excluding hydrogens is 506 g/mol. The second-order valence-corrected chi connectivity index (χ2v) is 10.6. The maximum Gasteiger partial charge on any atom is 0.310 e. The summed E-state index contributed by atoms with van der Waals surface area (Å²) in [5.41, 5.74) is 3.00. The molecule has 10 heteroatoms. The number of ketones is 1. The second kappa shape index (κ2) is 10.0. The summed E-state index contributed by atoms with van der Waals surface area (Å²) in [6.45, 7) is 1.91. The summed E-state index contributed by atoms with van der Waals surface area (Å²) in [5, 5.41) is 17.9. The highest BCUT2D eigenvalue weighted by molar-refractivity contribution is 6.31. The van der Waals surface area contributed by atoms with Gasteiger partial charge in [-0.15, -0.1) is 0 Å². The quantitative estimate of drug-likeness (QED) is 0.272. The number of Topliss-reactive ketones (excluding diaryl/α,β-unsaturated/α-hetero) is 1. The number of rotatable bonds is 12. The molecule has 0 unspecified atom stereocenters. The van der Waals surface area contributed by atoms with Crippen LogP contribution in [0.25, 0.3) is 11.5 Å². The van der Waals surface area contributed by atoms with Gasteiger partial charge in [0.25, 0.3) is 0 Å². The van der Waals surface area contributed by atoms with Gasteiger partial charge in [-0.2, -0.15) is 8.78 Å². The van der Waals surface area contributed by atoms with Gasteiger partial charge in [-0.25, -0.2) is 0 Å². The van der Waals surface area contributed by atoms with Crippen LogP contribution in [0.4, 0.5) is 8.78 Å². The van der Waals surface area contributed by atoms with Gasteiger partial charge in [0, 0.05) is 47.8 Å². The molecule has 2 aliphatic rings. The van der Waals surface area contributed by atoms with Crippen LogP contribution in [0.3, 0.4) is 0 Å². The van der Waals surface area contributed by atoms with E-state index in [1.807, 2.05) is 19.1 Å². The van der Waals surface area contributed by atoms with Crippen LogP contribution in [0, 0.1) is 12.8 Å². The molecule has 1 N–H and O–H groups in total. The highest BCUT2D eigenvalue weighted by Gasteiger charge is 2.51. The first kappa shape index (κ1) is 25.6. The average molecular weight is 533 g/mol. The van der Waals surface area contributed by atoms with Crippen molar-refractivity contribution in [3.63, 3.8) is 0 Å². The monoisotopic (exact) mass is 532 g/mol. The Hall–Kier alpha value is -3.07. The maximum absolute atomic E-state index is 14.5. The van der Waals surface area contributed by atoms with Crippen molar-refractivity contribution in [1.82, 2.24) is 10.3 Å². The lowest BCUT2D eigenvalue weighted by Crippen LogP contribution is -2.14. The summed E-state index contributed by atoms with van der Waals surface area (Å²) in [6.07, 6.45) is 2.76. The molecule has 0 bridgehead atoms. The first-order valence-corrected chi connectivity index (χ1v) is 12.8. The number of aryl methyl sites for hydroxylation is 1. The molecule has 7 nitrogen and oxygen atoms in total. The van der Waals surface area contributed by atoms with E-state index in [0.29, 0.717) is 34.7 Å². The van der Waals surface area contributed by atoms with Gasteiger partial charge in [0.2, 0.25) is 5.76 Å². The van der Waals surface area contributed by atoms with E-state index in [0.717, 1.165) is 18.4 Å². The van der Waals surface area contributed by atoms with Crippen molar-refractivity contribution in [1.29, 1.82) is 0 Å². The van der Waals surface area contributed by atoms with Crippen LogP contribution < -0.4 is 0 Å². The third-order valence-electron chi connectivity index (χ3n) is 7.07. The van der Waals surface area contributed by atoms with Gasteiger partial charge < -0.3 is 14.2 Å². The van der Waals surface area contributed by atoms with Crippen molar-refractivity contribution in [2.24, 2.45) is 5.92 Å². The minimum absolute atomic E-state index is 0.0486. The van der Waals surface area contributed by atoms with Gasteiger partial charge in [0.15, 0.2) is 11.5 Å². The van der Waals surface area contributed by atoms with E-state index in [4.69, 9.17) is 20.6 Å². The zero-order valence-electron chi connectivity index (χ0n) is 20.3. The van der Waals surface area contributed by atoms with E-state index in [9.17, 15) is 23.5 Å². The van der Waals surface area contributed by atoms with Crippen molar-refractivity contribution in [2.45, 2.75) is 76.0 Å². The minimum Gasteiger partial charge on any atom is -0.481 e.